The number of rotatable bonds is 5. The summed E-state index contributed by atoms with van der Waals surface area (Å²) in [5, 5.41) is 7.30. The van der Waals surface area contributed by atoms with Gasteiger partial charge in [-0.2, -0.15) is 5.10 Å². The number of nitrogens with one attached hydrogen (secondary N) is 1. The van der Waals surface area contributed by atoms with Gasteiger partial charge < -0.3 is 5.32 Å². The zero-order valence-electron chi connectivity index (χ0n) is 11.9. The van der Waals surface area contributed by atoms with E-state index in [2.05, 4.69) is 20.4 Å². The molecule has 0 radical (unpaired) electrons. The average molecular weight is 293 g/mol. The zero-order valence-corrected chi connectivity index (χ0v) is 11.9. The molecule has 110 valence electrons. The van der Waals surface area contributed by atoms with Crippen LogP contribution in [0.25, 0.3) is 11.3 Å². The van der Waals surface area contributed by atoms with Gasteiger partial charge in [0, 0.05) is 36.9 Å². The van der Waals surface area contributed by atoms with Gasteiger partial charge in [-0.25, -0.2) is 0 Å². The van der Waals surface area contributed by atoms with Gasteiger partial charge in [-0.15, -0.1) is 0 Å². The van der Waals surface area contributed by atoms with Crippen LogP contribution < -0.4 is 5.32 Å². The Morgan fingerprint density at radius 3 is 2.73 bits per heavy atom. The van der Waals surface area contributed by atoms with Gasteiger partial charge >= 0.3 is 0 Å². The van der Waals surface area contributed by atoms with E-state index in [1.165, 1.54) is 0 Å². The molecular weight excluding hydrogens is 278 g/mol. The molecule has 0 atom stereocenters. The molecule has 6 nitrogen and oxygen atoms in total. The maximum absolute atomic E-state index is 11.9. The zero-order chi connectivity index (χ0) is 15.2. The molecule has 0 aromatic carbocycles. The number of amides is 1. The molecule has 3 aromatic rings. The normalized spacial score (nSPS) is 10.4. The van der Waals surface area contributed by atoms with Crippen molar-refractivity contribution < 1.29 is 4.79 Å². The molecule has 0 spiro atoms. The minimum absolute atomic E-state index is 0.179. The number of carbonyl (C=O) groups is 1. The summed E-state index contributed by atoms with van der Waals surface area (Å²) in [6.07, 6.45) is 6.97. The van der Waals surface area contributed by atoms with Crippen LogP contribution in [0.5, 0.6) is 0 Å². The lowest BCUT2D eigenvalue weighted by molar-refractivity contribution is 0.0947. The van der Waals surface area contributed by atoms with E-state index in [9.17, 15) is 4.79 Å². The molecule has 0 saturated carbocycles. The third-order valence-corrected chi connectivity index (χ3v) is 3.14. The Labute approximate surface area is 127 Å². The van der Waals surface area contributed by atoms with Crippen LogP contribution in [-0.4, -0.2) is 32.2 Å². The first-order chi connectivity index (χ1) is 10.8. The molecule has 0 aliphatic rings. The predicted molar refractivity (Wildman–Crippen MR) is 82.0 cm³/mol. The van der Waals surface area contributed by atoms with E-state index < -0.39 is 0 Å². The van der Waals surface area contributed by atoms with Gasteiger partial charge in [0.05, 0.1) is 12.2 Å². The quantitative estimate of drug-likeness (QED) is 0.778. The third kappa shape index (κ3) is 3.35. The average Bonchev–Trinajstić information content (AvgIpc) is 3.05. The van der Waals surface area contributed by atoms with E-state index in [0.717, 1.165) is 11.3 Å². The Morgan fingerprint density at radius 1 is 1.09 bits per heavy atom. The standard InChI is InChI=1S/C16H15N5O/c22-16(15-3-1-2-7-18-15)19-10-12-21-11-6-14(20-21)13-4-8-17-9-5-13/h1-9,11H,10,12H2,(H,19,22). The largest absolute Gasteiger partial charge is 0.349 e. The monoisotopic (exact) mass is 293 g/mol. The number of nitrogens with zero attached hydrogens (tertiary/aromatic N) is 4. The smallest absolute Gasteiger partial charge is 0.269 e. The van der Waals surface area contributed by atoms with Crippen LogP contribution in [0.4, 0.5) is 0 Å². The molecule has 0 unspecified atom stereocenters. The van der Waals surface area contributed by atoms with Crippen molar-refractivity contribution in [1.82, 2.24) is 25.1 Å². The predicted octanol–water partition coefficient (Wildman–Crippen LogP) is 1.77. The van der Waals surface area contributed by atoms with Crippen molar-refractivity contribution in [3.8, 4) is 11.3 Å². The molecule has 3 rings (SSSR count). The molecule has 0 fully saturated rings. The summed E-state index contributed by atoms with van der Waals surface area (Å²) in [6, 6.07) is 11.0. The Morgan fingerprint density at radius 2 is 1.95 bits per heavy atom. The molecular formula is C16H15N5O. The summed E-state index contributed by atoms with van der Waals surface area (Å²) in [6.45, 7) is 1.09. The van der Waals surface area contributed by atoms with Crippen molar-refractivity contribution in [3.63, 3.8) is 0 Å². The minimum atomic E-state index is -0.179. The van der Waals surface area contributed by atoms with Gasteiger partial charge in [-0.05, 0) is 30.3 Å². The summed E-state index contributed by atoms with van der Waals surface area (Å²) >= 11 is 0. The summed E-state index contributed by atoms with van der Waals surface area (Å²) in [5.41, 5.74) is 2.32. The second-order valence-electron chi connectivity index (χ2n) is 4.67. The van der Waals surface area contributed by atoms with Gasteiger partial charge in [0.2, 0.25) is 0 Å². The Kier molecular flexibility index (Phi) is 4.20. The highest BCUT2D eigenvalue weighted by Gasteiger charge is 2.06. The van der Waals surface area contributed by atoms with Crippen LogP contribution in [-0.2, 0) is 6.54 Å². The minimum Gasteiger partial charge on any atom is -0.349 e. The number of pyridine rings is 2. The van der Waals surface area contributed by atoms with Gasteiger partial charge in [0.25, 0.3) is 5.91 Å². The van der Waals surface area contributed by atoms with Crippen molar-refractivity contribution in [1.29, 1.82) is 0 Å². The Hall–Kier alpha value is -3.02. The van der Waals surface area contributed by atoms with E-state index in [0.29, 0.717) is 18.8 Å². The van der Waals surface area contributed by atoms with Crippen LogP contribution in [0.2, 0.25) is 0 Å². The van der Waals surface area contributed by atoms with Gasteiger partial charge in [-0.1, -0.05) is 6.07 Å². The molecule has 3 heterocycles. The van der Waals surface area contributed by atoms with Crippen LogP contribution in [0.3, 0.4) is 0 Å². The fourth-order valence-electron chi connectivity index (χ4n) is 2.03. The molecule has 1 N–H and O–H groups in total. The van der Waals surface area contributed by atoms with Crippen molar-refractivity contribution in [2.24, 2.45) is 0 Å². The maximum Gasteiger partial charge on any atom is 0.269 e. The van der Waals surface area contributed by atoms with E-state index >= 15 is 0 Å². The molecule has 6 heteroatoms. The van der Waals surface area contributed by atoms with Crippen LogP contribution in [0.15, 0.2) is 61.2 Å². The van der Waals surface area contributed by atoms with E-state index in [1.54, 1.807) is 41.5 Å². The first-order valence-electron chi connectivity index (χ1n) is 6.96. The number of carbonyl (C=O) groups excluding carboxylic acids is 1. The summed E-state index contributed by atoms with van der Waals surface area (Å²) in [7, 11) is 0. The second kappa shape index (κ2) is 6.62. The highest BCUT2D eigenvalue weighted by atomic mass is 16.1. The summed E-state index contributed by atoms with van der Waals surface area (Å²) in [5.74, 6) is -0.179. The van der Waals surface area contributed by atoms with Crippen molar-refractivity contribution in [2.45, 2.75) is 6.54 Å². The first-order valence-corrected chi connectivity index (χ1v) is 6.96. The van der Waals surface area contributed by atoms with Gasteiger partial charge in [0.1, 0.15) is 5.69 Å². The SMILES string of the molecule is O=C(NCCn1ccc(-c2ccncc2)n1)c1ccccn1. The van der Waals surface area contributed by atoms with Crippen molar-refractivity contribution in [3.05, 3.63) is 66.9 Å². The van der Waals surface area contributed by atoms with E-state index in [4.69, 9.17) is 0 Å². The maximum atomic E-state index is 11.9. The lowest BCUT2D eigenvalue weighted by atomic mass is 10.2. The van der Waals surface area contributed by atoms with E-state index in [1.807, 2.05) is 24.4 Å². The fourth-order valence-corrected chi connectivity index (χ4v) is 2.03. The highest BCUT2D eigenvalue weighted by molar-refractivity contribution is 5.92. The van der Waals surface area contributed by atoms with Gasteiger partial charge in [-0.3, -0.25) is 19.4 Å². The van der Waals surface area contributed by atoms with Gasteiger partial charge in [0.15, 0.2) is 0 Å². The Balaban J connectivity index is 1.55. The second-order valence-corrected chi connectivity index (χ2v) is 4.67. The van der Waals surface area contributed by atoms with Crippen molar-refractivity contribution >= 4 is 5.91 Å². The summed E-state index contributed by atoms with van der Waals surface area (Å²) in [4.78, 5) is 19.8. The first kappa shape index (κ1) is 13.9. The molecule has 1 amide bonds. The highest BCUT2D eigenvalue weighted by Crippen LogP contribution is 2.14. The number of hydrogen-bond acceptors (Lipinski definition) is 4. The topological polar surface area (TPSA) is 72.7 Å². The van der Waals surface area contributed by atoms with E-state index in [-0.39, 0.29) is 5.91 Å². The molecule has 0 bridgehead atoms. The summed E-state index contributed by atoms with van der Waals surface area (Å²) < 4.78 is 1.80. The molecule has 3 aromatic heterocycles. The van der Waals surface area contributed by atoms with Crippen LogP contribution >= 0.6 is 0 Å². The Bertz CT molecular complexity index is 739. The molecule has 22 heavy (non-hydrogen) atoms. The number of aromatic nitrogens is 4. The number of hydrogen-bond donors (Lipinski definition) is 1. The lowest BCUT2D eigenvalue weighted by Gasteiger charge is -2.04. The van der Waals surface area contributed by atoms with Crippen LogP contribution in [0.1, 0.15) is 10.5 Å². The fraction of sp³-hybridized carbons (Fsp3) is 0.125. The molecule has 0 aliphatic carbocycles. The lowest BCUT2D eigenvalue weighted by Crippen LogP contribution is -2.28. The van der Waals surface area contributed by atoms with Crippen molar-refractivity contribution in [2.75, 3.05) is 6.54 Å². The van der Waals surface area contributed by atoms with Crippen LogP contribution in [0, 0.1) is 0 Å². The third-order valence-electron chi connectivity index (χ3n) is 3.14. The molecule has 0 saturated heterocycles. The molecule has 0 aliphatic heterocycles.